The van der Waals surface area contributed by atoms with Crippen LogP contribution in [0.3, 0.4) is 0 Å². The molecule has 0 aromatic heterocycles. The molecule has 1 heterocycles. The van der Waals surface area contributed by atoms with Crippen LogP contribution in [0, 0.1) is 11.8 Å². The highest BCUT2D eigenvalue weighted by molar-refractivity contribution is 9.09. The summed E-state index contributed by atoms with van der Waals surface area (Å²) in [5.74, 6) is 0.867. The van der Waals surface area contributed by atoms with Crippen LogP contribution in [0.5, 0.6) is 0 Å². The molecule has 0 aromatic carbocycles. The molecule has 1 aliphatic carbocycles. The number of carbonyl (C=O) groups excluding carboxylic acids is 1. The molecular weight excluding hydrogens is 282 g/mol. The summed E-state index contributed by atoms with van der Waals surface area (Å²) in [6.45, 7) is 2.73. The van der Waals surface area contributed by atoms with Gasteiger partial charge >= 0.3 is 0 Å². The number of nitrogens with one attached hydrogen (secondary N) is 1. The van der Waals surface area contributed by atoms with Gasteiger partial charge in [-0.25, -0.2) is 0 Å². The van der Waals surface area contributed by atoms with Crippen molar-refractivity contribution in [2.24, 2.45) is 11.8 Å². The van der Waals surface area contributed by atoms with Crippen molar-refractivity contribution in [2.45, 2.75) is 51.2 Å². The van der Waals surface area contributed by atoms with Crippen LogP contribution in [0.1, 0.15) is 39.0 Å². The van der Waals surface area contributed by atoms with Gasteiger partial charge in [0.25, 0.3) is 0 Å². The Balaban J connectivity index is 1.88. The number of hydrogen-bond donors (Lipinski definition) is 1. The fraction of sp³-hybridized carbons (Fsp3) is 0.923. The van der Waals surface area contributed by atoms with E-state index in [1.807, 2.05) is 6.92 Å². The van der Waals surface area contributed by atoms with Gasteiger partial charge in [0, 0.05) is 18.0 Å². The molecule has 98 valence electrons. The second kappa shape index (κ2) is 6.19. The number of carbonyl (C=O) groups is 1. The third-order valence-corrected chi connectivity index (χ3v) is 4.98. The van der Waals surface area contributed by atoms with Crippen molar-refractivity contribution in [1.29, 1.82) is 0 Å². The molecule has 2 rings (SSSR count). The van der Waals surface area contributed by atoms with Crippen LogP contribution in [-0.4, -0.2) is 30.0 Å². The molecule has 4 heteroatoms. The Morgan fingerprint density at radius 1 is 1.35 bits per heavy atom. The fourth-order valence-corrected chi connectivity index (χ4v) is 3.72. The second-order valence-electron chi connectivity index (χ2n) is 5.28. The number of rotatable bonds is 3. The van der Waals surface area contributed by atoms with Gasteiger partial charge in [0.15, 0.2) is 0 Å². The van der Waals surface area contributed by atoms with Crippen molar-refractivity contribution in [2.75, 3.05) is 11.9 Å². The van der Waals surface area contributed by atoms with Crippen LogP contribution in [0.4, 0.5) is 0 Å². The summed E-state index contributed by atoms with van der Waals surface area (Å²) in [7, 11) is 0. The van der Waals surface area contributed by atoms with E-state index in [-0.39, 0.29) is 17.9 Å². The Kier molecular flexibility index (Phi) is 4.86. The van der Waals surface area contributed by atoms with E-state index >= 15 is 0 Å². The van der Waals surface area contributed by atoms with Gasteiger partial charge in [0.1, 0.15) is 0 Å². The molecule has 0 radical (unpaired) electrons. The monoisotopic (exact) mass is 303 g/mol. The van der Waals surface area contributed by atoms with E-state index in [2.05, 4.69) is 21.2 Å². The summed E-state index contributed by atoms with van der Waals surface area (Å²) in [5.41, 5.74) is 0. The minimum Gasteiger partial charge on any atom is -0.378 e. The smallest absolute Gasteiger partial charge is 0.226 e. The maximum atomic E-state index is 12.2. The molecule has 1 N–H and O–H groups in total. The minimum atomic E-state index is 0.0629. The predicted octanol–water partition coefficient (Wildman–Crippen LogP) is 2.48. The average Bonchev–Trinajstić information content (AvgIpc) is 2.76. The molecule has 1 saturated carbocycles. The topological polar surface area (TPSA) is 38.3 Å². The predicted molar refractivity (Wildman–Crippen MR) is 71.2 cm³/mol. The fourth-order valence-electron chi connectivity index (χ4n) is 2.95. The van der Waals surface area contributed by atoms with Gasteiger partial charge in [0.05, 0.1) is 12.0 Å². The first-order chi connectivity index (χ1) is 8.22. The van der Waals surface area contributed by atoms with Gasteiger partial charge in [0.2, 0.25) is 5.91 Å². The first-order valence-electron chi connectivity index (χ1n) is 6.70. The normalized spacial score (nSPS) is 38.0. The lowest BCUT2D eigenvalue weighted by Crippen LogP contribution is -2.46. The Morgan fingerprint density at radius 3 is 2.76 bits per heavy atom. The van der Waals surface area contributed by atoms with E-state index in [1.54, 1.807) is 0 Å². The first-order valence-corrected chi connectivity index (χ1v) is 7.82. The highest BCUT2D eigenvalue weighted by atomic mass is 79.9. The van der Waals surface area contributed by atoms with Crippen LogP contribution >= 0.6 is 15.9 Å². The Morgan fingerprint density at radius 2 is 2.12 bits per heavy atom. The van der Waals surface area contributed by atoms with Crippen molar-refractivity contribution >= 4 is 21.8 Å². The SMILES string of the molecule is CC1OCCC1C(=O)NC1CCCCC1CBr. The van der Waals surface area contributed by atoms with Gasteiger partial charge < -0.3 is 10.1 Å². The molecule has 1 amide bonds. The molecule has 4 unspecified atom stereocenters. The molecule has 0 aromatic rings. The zero-order chi connectivity index (χ0) is 12.3. The lowest BCUT2D eigenvalue weighted by molar-refractivity contribution is -0.127. The molecule has 0 spiro atoms. The van der Waals surface area contributed by atoms with Gasteiger partial charge in [-0.05, 0) is 32.1 Å². The first kappa shape index (κ1) is 13.3. The third-order valence-electron chi connectivity index (χ3n) is 4.15. The molecule has 17 heavy (non-hydrogen) atoms. The van der Waals surface area contributed by atoms with Crippen molar-refractivity contribution < 1.29 is 9.53 Å². The van der Waals surface area contributed by atoms with Gasteiger partial charge in [-0.3, -0.25) is 4.79 Å². The van der Waals surface area contributed by atoms with E-state index in [0.29, 0.717) is 12.0 Å². The van der Waals surface area contributed by atoms with Crippen molar-refractivity contribution in [1.82, 2.24) is 5.32 Å². The molecule has 3 nitrogen and oxygen atoms in total. The quantitative estimate of drug-likeness (QED) is 0.814. The Labute approximate surface area is 112 Å². The van der Waals surface area contributed by atoms with Gasteiger partial charge in [-0.1, -0.05) is 28.8 Å². The summed E-state index contributed by atoms with van der Waals surface area (Å²) in [6, 6.07) is 0.364. The average molecular weight is 304 g/mol. The third kappa shape index (κ3) is 3.22. The van der Waals surface area contributed by atoms with Crippen molar-refractivity contribution in [3.8, 4) is 0 Å². The molecule has 1 aliphatic heterocycles. The molecule has 2 fully saturated rings. The number of hydrogen-bond acceptors (Lipinski definition) is 2. The number of ether oxygens (including phenoxy) is 1. The lowest BCUT2D eigenvalue weighted by Gasteiger charge is -2.32. The van der Waals surface area contributed by atoms with E-state index in [4.69, 9.17) is 4.74 Å². The van der Waals surface area contributed by atoms with Crippen LogP contribution < -0.4 is 5.32 Å². The highest BCUT2D eigenvalue weighted by Crippen LogP contribution is 2.27. The number of alkyl halides is 1. The Bertz CT molecular complexity index is 272. The summed E-state index contributed by atoms with van der Waals surface area (Å²) in [5, 5.41) is 4.24. The zero-order valence-corrected chi connectivity index (χ0v) is 12.0. The summed E-state index contributed by atoms with van der Waals surface area (Å²) in [6.07, 6.45) is 5.85. The molecule has 1 saturated heterocycles. The molecule has 0 bridgehead atoms. The lowest BCUT2D eigenvalue weighted by atomic mass is 9.85. The van der Waals surface area contributed by atoms with E-state index in [0.717, 1.165) is 24.8 Å². The van der Waals surface area contributed by atoms with Gasteiger partial charge in [-0.2, -0.15) is 0 Å². The van der Waals surface area contributed by atoms with Crippen LogP contribution in [0.25, 0.3) is 0 Å². The number of halogens is 1. The molecule has 4 atom stereocenters. The number of amides is 1. The maximum Gasteiger partial charge on any atom is 0.226 e. The van der Waals surface area contributed by atoms with Crippen LogP contribution in [0.15, 0.2) is 0 Å². The molecular formula is C13H22BrNO2. The second-order valence-corrected chi connectivity index (χ2v) is 5.93. The summed E-state index contributed by atoms with van der Waals surface area (Å²) < 4.78 is 5.46. The van der Waals surface area contributed by atoms with Gasteiger partial charge in [-0.15, -0.1) is 0 Å². The summed E-state index contributed by atoms with van der Waals surface area (Å²) in [4.78, 5) is 12.2. The standard InChI is InChI=1S/C13H22BrNO2/c1-9-11(6-7-17-9)13(16)15-12-5-3-2-4-10(12)8-14/h9-12H,2-8H2,1H3,(H,15,16). The van der Waals surface area contributed by atoms with E-state index in [9.17, 15) is 4.79 Å². The minimum absolute atomic E-state index is 0.0629. The Hall–Kier alpha value is -0.0900. The van der Waals surface area contributed by atoms with E-state index in [1.165, 1.54) is 19.3 Å². The molecule has 2 aliphatic rings. The van der Waals surface area contributed by atoms with Crippen molar-refractivity contribution in [3.05, 3.63) is 0 Å². The van der Waals surface area contributed by atoms with Crippen LogP contribution in [-0.2, 0) is 9.53 Å². The highest BCUT2D eigenvalue weighted by Gasteiger charge is 2.33. The van der Waals surface area contributed by atoms with E-state index < -0.39 is 0 Å². The largest absolute Gasteiger partial charge is 0.378 e. The maximum absolute atomic E-state index is 12.2. The van der Waals surface area contributed by atoms with Crippen molar-refractivity contribution in [3.63, 3.8) is 0 Å². The van der Waals surface area contributed by atoms with Crippen LogP contribution in [0.2, 0.25) is 0 Å². The summed E-state index contributed by atoms with van der Waals surface area (Å²) >= 11 is 3.56. The zero-order valence-electron chi connectivity index (χ0n) is 10.5.